The summed E-state index contributed by atoms with van der Waals surface area (Å²) in [5, 5.41) is 12.5. The van der Waals surface area contributed by atoms with E-state index in [4.69, 9.17) is 4.42 Å². The molecule has 1 N–H and O–H groups in total. The molecule has 3 aromatic heterocycles. The van der Waals surface area contributed by atoms with Crippen LogP contribution in [0.2, 0.25) is 0 Å². The first-order valence-corrected chi connectivity index (χ1v) is 10.4. The molecule has 0 spiro atoms. The van der Waals surface area contributed by atoms with E-state index in [1.54, 1.807) is 11.3 Å². The zero-order chi connectivity index (χ0) is 20.3. The van der Waals surface area contributed by atoms with Gasteiger partial charge in [-0.3, -0.25) is 4.79 Å². The third-order valence-electron chi connectivity index (χ3n) is 5.68. The summed E-state index contributed by atoms with van der Waals surface area (Å²) in [7, 11) is 0. The van der Waals surface area contributed by atoms with Crippen LogP contribution in [0.5, 0.6) is 0 Å². The minimum atomic E-state index is -1.20. The van der Waals surface area contributed by atoms with Crippen molar-refractivity contribution < 1.29 is 14.3 Å². The number of benzene rings is 1. The van der Waals surface area contributed by atoms with Crippen LogP contribution in [-0.2, 0) is 6.42 Å². The Hall–Kier alpha value is -3.12. The monoisotopic (exact) mass is 405 g/mol. The lowest BCUT2D eigenvalue weighted by molar-refractivity contribution is 0.0694. The predicted molar refractivity (Wildman–Crippen MR) is 114 cm³/mol. The van der Waals surface area contributed by atoms with Gasteiger partial charge in [0.05, 0.1) is 5.69 Å². The number of thiophene rings is 1. The Bertz CT molecular complexity index is 1310. The number of carbonyl (C=O) groups is 1. The molecule has 0 saturated carbocycles. The first-order valence-electron chi connectivity index (χ1n) is 9.53. The number of nitrogens with zero attached hydrogens (tertiary/aromatic N) is 1. The molecule has 6 heteroatoms. The van der Waals surface area contributed by atoms with Gasteiger partial charge in [-0.25, -0.2) is 4.79 Å². The van der Waals surface area contributed by atoms with Gasteiger partial charge in [0, 0.05) is 34.1 Å². The van der Waals surface area contributed by atoms with Crippen molar-refractivity contribution in [2.45, 2.75) is 26.3 Å². The highest BCUT2D eigenvalue weighted by atomic mass is 32.1. The molecule has 5 nitrogen and oxygen atoms in total. The number of carboxylic acid groups (broad SMARTS) is 1. The summed E-state index contributed by atoms with van der Waals surface area (Å²) in [6, 6.07) is 11.8. The van der Waals surface area contributed by atoms with Crippen molar-refractivity contribution in [3.8, 4) is 21.9 Å². The lowest BCUT2D eigenvalue weighted by atomic mass is 9.89. The van der Waals surface area contributed by atoms with Crippen molar-refractivity contribution in [2.24, 2.45) is 5.92 Å². The topological polar surface area (TPSA) is 72.4 Å². The van der Waals surface area contributed by atoms with E-state index in [-0.39, 0.29) is 17.5 Å². The van der Waals surface area contributed by atoms with Crippen molar-refractivity contribution in [2.75, 3.05) is 0 Å². The van der Waals surface area contributed by atoms with Crippen LogP contribution in [0.4, 0.5) is 0 Å². The van der Waals surface area contributed by atoms with E-state index < -0.39 is 11.4 Å². The fourth-order valence-electron chi connectivity index (χ4n) is 4.19. The summed E-state index contributed by atoms with van der Waals surface area (Å²) >= 11 is 1.68. The van der Waals surface area contributed by atoms with Crippen LogP contribution in [0, 0.1) is 5.92 Å². The van der Waals surface area contributed by atoms with Crippen molar-refractivity contribution in [3.05, 3.63) is 69.3 Å². The molecule has 0 fully saturated rings. The minimum absolute atomic E-state index is 0.0500. The number of pyridine rings is 1. The zero-order valence-corrected chi connectivity index (χ0v) is 16.8. The molecule has 4 aromatic rings. The summed E-state index contributed by atoms with van der Waals surface area (Å²) in [5.74, 6) is -0.278. The largest absolute Gasteiger partial charge is 0.477 e. The van der Waals surface area contributed by atoms with E-state index in [2.05, 4.69) is 32.0 Å². The summed E-state index contributed by atoms with van der Waals surface area (Å²) in [4.78, 5) is 25.1. The van der Waals surface area contributed by atoms with Crippen LogP contribution in [0.15, 0.2) is 57.2 Å². The van der Waals surface area contributed by atoms with Gasteiger partial charge in [-0.2, -0.15) is 0 Å². The SMILES string of the molecule is CC(C)[C@@H]1Cc2c(oc3cc(-c4cccs4)ccc23)-c2cc(=O)c(C(=O)O)cn21. The maximum Gasteiger partial charge on any atom is 0.341 e. The van der Waals surface area contributed by atoms with Crippen molar-refractivity contribution in [3.63, 3.8) is 0 Å². The Labute approximate surface area is 170 Å². The van der Waals surface area contributed by atoms with Gasteiger partial charge in [0.2, 0.25) is 0 Å². The average molecular weight is 405 g/mol. The van der Waals surface area contributed by atoms with Crippen LogP contribution >= 0.6 is 11.3 Å². The second-order valence-corrected chi connectivity index (χ2v) is 8.71. The molecule has 0 bridgehead atoms. The standard InChI is InChI=1S/C23H19NO4S/c1-12(2)17-9-15-14-6-5-13(21-4-3-7-29-21)8-20(14)28-22(15)18-10-19(25)16(23(26)27)11-24(17)18/h3-8,10-12,17H,9H2,1-2H3,(H,26,27)/t17-/m0/s1. The number of rotatable bonds is 3. The molecule has 4 heterocycles. The molecule has 146 valence electrons. The summed E-state index contributed by atoms with van der Waals surface area (Å²) in [6.07, 6.45) is 2.20. The van der Waals surface area contributed by atoms with E-state index >= 15 is 0 Å². The Morgan fingerprint density at radius 3 is 2.79 bits per heavy atom. The average Bonchev–Trinajstić information content (AvgIpc) is 3.34. The molecule has 0 unspecified atom stereocenters. The number of aromatic carboxylic acids is 1. The van der Waals surface area contributed by atoms with Crippen LogP contribution in [0.1, 0.15) is 35.8 Å². The molecule has 0 saturated heterocycles. The van der Waals surface area contributed by atoms with E-state index in [1.807, 2.05) is 22.1 Å². The summed E-state index contributed by atoms with van der Waals surface area (Å²) in [6.45, 7) is 4.21. The van der Waals surface area contributed by atoms with E-state index in [0.717, 1.165) is 28.5 Å². The maximum atomic E-state index is 12.4. The molecule has 29 heavy (non-hydrogen) atoms. The van der Waals surface area contributed by atoms with Gasteiger partial charge in [0.25, 0.3) is 0 Å². The number of carboxylic acids is 1. The van der Waals surface area contributed by atoms with Crippen molar-refractivity contribution >= 4 is 28.3 Å². The van der Waals surface area contributed by atoms with Crippen LogP contribution < -0.4 is 5.43 Å². The highest BCUT2D eigenvalue weighted by Gasteiger charge is 2.31. The summed E-state index contributed by atoms with van der Waals surface area (Å²) in [5.41, 5.74) is 2.90. The van der Waals surface area contributed by atoms with Crippen LogP contribution in [0.3, 0.4) is 0 Å². The Morgan fingerprint density at radius 1 is 1.28 bits per heavy atom. The van der Waals surface area contributed by atoms with Crippen molar-refractivity contribution in [1.82, 2.24) is 4.57 Å². The van der Waals surface area contributed by atoms with E-state index in [0.29, 0.717) is 11.5 Å². The third kappa shape index (κ3) is 2.75. The third-order valence-corrected chi connectivity index (χ3v) is 6.60. The Morgan fingerprint density at radius 2 is 2.10 bits per heavy atom. The lowest BCUT2D eigenvalue weighted by Gasteiger charge is -2.31. The normalized spacial score (nSPS) is 15.5. The molecule has 0 aliphatic carbocycles. The highest BCUT2D eigenvalue weighted by molar-refractivity contribution is 7.13. The second-order valence-electron chi connectivity index (χ2n) is 7.76. The fourth-order valence-corrected chi connectivity index (χ4v) is 4.91. The van der Waals surface area contributed by atoms with Gasteiger partial charge in [-0.1, -0.05) is 32.0 Å². The number of aromatic nitrogens is 1. The minimum Gasteiger partial charge on any atom is -0.477 e. The molecule has 0 amide bonds. The number of hydrogen-bond acceptors (Lipinski definition) is 4. The smallest absolute Gasteiger partial charge is 0.341 e. The fraction of sp³-hybridized carbons (Fsp3) is 0.217. The molecule has 0 radical (unpaired) electrons. The number of fused-ring (bicyclic) bond motifs is 5. The lowest BCUT2D eigenvalue weighted by Crippen LogP contribution is -2.27. The van der Waals surface area contributed by atoms with Gasteiger partial charge < -0.3 is 14.1 Å². The molecule has 1 atom stereocenters. The Balaban J connectivity index is 1.76. The summed E-state index contributed by atoms with van der Waals surface area (Å²) < 4.78 is 8.14. The van der Waals surface area contributed by atoms with Crippen molar-refractivity contribution in [1.29, 1.82) is 0 Å². The Kier molecular flexibility index (Phi) is 3.99. The molecule has 1 aliphatic rings. The number of hydrogen-bond donors (Lipinski definition) is 1. The van der Waals surface area contributed by atoms with Gasteiger partial charge in [0.15, 0.2) is 11.2 Å². The maximum absolute atomic E-state index is 12.4. The molecular formula is C23H19NO4S. The van der Waals surface area contributed by atoms with E-state index in [1.165, 1.54) is 17.1 Å². The van der Waals surface area contributed by atoms with Crippen LogP contribution in [-0.4, -0.2) is 15.6 Å². The van der Waals surface area contributed by atoms with Gasteiger partial charge in [-0.15, -0.1) is 11.3 Å². The van der Waals surface area contributed by atoms with Gasteiger partial charge >= 0.3 is 5.97 Å². The van der Waals surface area contributed by atoms with Crippen LogP contribution in [0.25, 0.3) is 32.9 Å². The molecular weight excluding hydrogens is 386 g/mol. The van der Waals surface area contributed by atoms with Gasteiger partial charge in [-0.05, 0) is 35.4 Å². The second kappa shape index (κ2) is 6.46. The molecule has 1 aliphatic heterocycles. The van der Waals surface area contributed by atoms with Gasteiger partial charge in [0.1, 0.15) is 11.1 Å². The zero-order valence-electron chi connectivity index (χ0n) is 16.0. The quantitative estimate of drug-likeness (QED) is 0.492. The van der Waals surface area contributed by atoms with E-state index in [9.17, 15) is 14.7 Å². The first-order chi connectivity index (χ1) is 13.9. The highest BCUT2D eigenvalue weighted by Crippen LogP contribution is 2.43. The number of furan rings is 1. The predicted octanol–water partition coefficient (Wildman–Crippen LogP) is 5.44. The molecule has 5 rings (SSSR count). The molecule has 1 aromatic carbocycles. The first kappa shape index (κ1) is 17.9.